The fourth-order valence-corrected chi connectivity index (χ4v) is 1.48. The first-order valence-corrected chi connectivity index (χ1v) is 5.85. The topological polar surface area (TPSA) is 44.5 Å². The van der Waals surface area contributed by atoms with Crippen molar-refractivity contribution in [2.45, 2.75) is 13.3 Å². The Morgan fingerprint density at radius 2 is 1.87 bits per heavy atom. The van der Waals surface area contributed by atoms with Gasteiger partial charge in [-0.2, -0.15) is 0 Å². The van der Waals surface area contributed by atoms with Crippen molar-refractivity contribution in [2.75, 3.05) is 20.8 Å². The van der Waals surface area contributed by atoms with Gasteiger partial charge in [-0.25, -0.2) is 0 Å². The molecule has 1 aromatic rings. The van der Waals surface area contributed by atoms with Gasteiger partial charge < -0.3 is 15.2 Å². The summed E-state index contributed by atoms with van der Waals surface area (Å²) in [4.78, 5) is 0. The van der Waals surface area contributed by atoms with Crippen LogP contribution in [0.3, 0.4) is 0 Å². The molecule has 4 heteroatoms. The summed E-state index contributed by atoms with van der Waals surface area (Å²) < 4.78 is 11.2. The summed E-state index contributed by atoms with van der Waals surface area (Å²) in [5, 5.41) is 0. The van der Waals surface area contributed by atoms with Crippen LogP contribution in [0.25, 0.3) is 0 Å². The zero-order valence-corrected chi connectivity index (χ0v) is 11.6. The van der Waals surface area contributed by atoms with Crippen LogP contribution in [0, 0.1) is 3.57 Å². The Kier molecular flexibility index (Phi) is 8.50. The molecule has 0 aromatic heterocycles. The highest BCUT2D eigenvalue weighted by atomic mass is 127. The van der Waals surface area contributed by atoms with E-state index in [1.165, 1.54) is 0 Å². The minimum Gasteiger partial charge on any atom is -0.497 e. The highest BCUT2D eigenvalue weighted by Crippen LogP contribution is 2.24. The number of benzene rings is 1. The lowest BCUT2D eigenvalue weighted by Crippen LogP contribution is -1.93. The zero-order chi connectivity index (χ0) is 11.7. The largest absolute Gasteiger partial charge is 0.497 e. The second-order valence-corrected chi connectivity index (χ2v) is 3.95. The lowest BCUT2D eigenvalue weighted by Gasteiger charge is -2.04. The predicted octanol–water partition coefficient (Wildman–Crippen LogP) is 2.66. The van der Waals surface area contributed by atoms with E-state index in [-0.39, 0.29) is 0 Å². The van der Waals surface area contributed by atoms with E-state index >= 15 is 0 Å². The normalized spacial score (nSPS) is 8.87. The third-order valence-electron chi connectivity index (χ3n) is 1.65. The quantitative estimate of drug-likeness (QED) is 0.870. The van der Waals surface area contributed by atoms with Crippen molar-refractivity contribution in [1.29, 1.82) is 0 Å². The van der Waals surface area contributed by atoms with Crippen LogP contribution >= 0.6 is 22.6 Å². The molecule has 1 rings (SSSR count). The van der Waals surface area contributed by atoms with Crippen LogP contribution < -0.4 is 15.2 Å². The van der Waals surface area contributed by atoms with E-state index < -0.39 is 0 Å². The average Bonchev–Trinajstić information content (AvgIpc) is 2.29. The number of halogens is 1. The molecule has 15 heavy (non-hydrogen) atoms. The SMILES string of the molecule is CCCN.COc1ccc(OC)c(I)c1. The second-order valence-electron chi connectivity index (χ2n) is 2.79. The summed E-state index contributed by atoms with van der Waals surface area (Å²) in [7, 11) is 3.31. The minimum absolute atomic E-state index is 0.819. The van der Waals surface area contributed by atoms with Gasteiger partial charge in [0.1, 0.15) is 11.5 Å². The van der Waals surface area contributed by atoms with Crippen molar-refractivity contribution in [2.24, 2.45) is 5.73 Å². The van der Waals surface area contributed by atoms with Gasteiger partial charge in [-0.3, -0.25) is 0 Å². The Labute approximate surface area is 105 Å². The first-order valence-electron chi connectivity index (χ1n) is 4.77. The predicted molar refractivity (Wildman–Crippen MR) is 71.6 cm³/mol. The summed E-state index contributed by atoms with van der Waals surface area (Å²) in [6.07, 6.45) is 1.10. The third-order valence-corrected chi connectivity index (χ3v) is 2.49. The van der Waals surface area contributed by atoms with Gasteiger partial charge in [-0.05, 0) is 53.8 Å². The van der Waals surface area contributed by atoms with Crippen LogP contribution in [0.4, 0.5) is 0 Å². The standard InChI is InChI=1S/C8H9IO2.C3H9N/c1-10-6-3-4-8(11-2)7(9)5-6;1-2-3-4/h3-5H,1-2H3;2-4H2,1H3. The van der Waals surface area contributed by atoms with Crippen molar-refractivity contribution < 1.29 is 9.47 Å². The van der Waals surface area contributed by atoms with Crippen molar-refractivity contribution in [3.63, 3.8) is 0 Å². The van der Waals surface area contributed by atoms with Gasteiger partial charge in [0.2, 0.25) is 0 Å². The minimum atomic E-state index is 0.819. The van der Waals surface area contributed by atoms with E-state index in [1.54, 1.807) is 14.2 Å². The van der Waals surface area contributed by atoms with Crippen molar-refractivity contribution in [3.05, 3.63) is 21.8 Å². The van der Waals surface area contributed by atoms with Gasteiger partial charge in [0, 0.05) is 0 Å². The van der Waals surface area contributed by atoms with E-state index in [9.17, 15) is 0 Å². The van der Waals surface area contributed by atoms with Crippen molar-refractivity contribution >= 4 is 22.6 Å². The molecule has 0 aliphatic carbocycles. The van der Waals surface area contributed by atoms with E-state index in [2.05, 4.69) is 29.5 Å². The Balaban J connectivity index is 0.000000423. The molecule has 0 amide bonds. The maximum absolute atomic E-state index is 5.08. The van der Waals surface area contributed by atoms with Crippen LogP contribution in [-0.4, -0.2) is 20.8 Å². The van der Waals surface area contributed by atoms with E-state index in [0.717, 1.165) is 28.0 Å². The Morgan fingerprint density at radius 3 is 2.20 bits per heavy atom. The Morgan fingerprint density at radius 1 is 1.27 bits per heavy atom. The molecule has 0 saturated carbocycles. The maximum Gasteiger partial charge on any atom is 0.132 e. The fraction of sp³-hybridized carbons (Fsp3) is 0.455. The highest BCUT2D eigenvalue weighted by molar-refractivity contribution is 14.1. The van der Waals surface area contributed by atoms with Crippen LogP contribution in [0.5, 0.6) is 11.5 Å². The molecular formula is C11H18INO2. The van der Waals surface area contributed by atoms with Crippen molar-refractivity contribution in [1.82, 2.24) is 0 Å². The molecule has 0 bridgehead atoms. The highest BCUT2D eigenvalue weighted by Gasteiger charge is 1.99. The van der Waals surface area contributed by atoms with Gasteiger partial charge in [0.25, 0.3) is 0 Å². The Bertz CT molecular complexity index is 277. The van der Waals surface area contributed by atoms with Gasteiger partial charge in [-0.1, -0.05) is 6.92 Å². The smallest absolute Gasteiger partial charge is 0.132 e. The molecule has 0 spiro atoms. The number of nitrogens with two attached hydrogens (primary N) is 1. The van der Waals surface area contributed by atoms with E-state index in [0.29, 0.717) is 0 Å². The number of hydrogen-bond acceptors (Lipinski definition) is 3. The van der Waals surface area contributed by atoms with Gasteiger partial charge in [0.05, 0.1) is 17.8 Å². The molecular weight excluding hydrogens is 305 g/mol. The number of ether oxygens (including phenoxy) is 2. The molecule has 0 radical (unpaired) electrons. The third kappa shape index (κ3) is 5.84. The van der Waals surface area contributed by atoms with Crippen LogP contribution in [0.1, 0.15) is 13.3 Å². The average molecular weight is 323 g/mol. The summed E-state index contributed by atoms with van der Waals surface area (Å²) in [6.45, 7) is 2.88. The maximum atomic E-state index is 5.08. The van der Waals surface area contributed by atoms with Gasteiger partial charge in [0.15, 0.2) is 0 Å². The first-order chi connectivity index (χ1) is 7.19. The number of methoxy groups -OCH3 is 2. The molecule has 2 N–H and O–H groups in total. The molecule has 0 fully saturated rings. The molecule has 3 nitrogen and oxygen atoms in total. The number of rotatable bonds is 3. The lowest BCUT2D eigenvalue weighted by atomic mass is 10.3. The number of hydrogen-bond donors (Lipinski definition) is 1. The molecule has 0 heterocycles. The first kappa shape index (κ1) is 14.5. The fourth-order valence-electron chi connectivity index (χ4n) is 0.774. The summed E-state index contributed by atoms with van der Waals surface area (Å²) in [6, 6.07) is 5.70. The van der Waals surface area contributed by atoms with E-state index in [1.807, 2.05) is 18.2 Å². The molecule has 0 unspecified atom stereocenters. The second kappa shape index (κ2) is 8.79. The zero-order valence-electron chi connectivity index (χ0n) is 9.42. The lowest BCUT2D eigenvalue weighted by molar-refractivity contribution is 0.400. The van der Waals surface area contributed by atoms with Crippen molar-refractivity contribution in [3.8, 4) is 11.5 Å². The van der Waals surface area contributed by atoms with Gasteiger partial charge in [-0.15, -0.1) is 0 Å². The monoisotopic (exact) mass is 323 g/mol. The molecule has 1 aromatic carbocycles. The molecule has 0 atom stereocenters. The summed E-state index contributed by atoms with van der Waals surface area (Å²) in [5.41, 5.74) is 5.03. The molecule has 0 saturated heterocycles. The molecule has 0 aliphatic rings. The van der Waals surface area contributed by atoms with Crippen LogP contribution in [-0.2, 0) is 0 Å². The Hall–Kier alpha value is -0.490. The molecule has 86 valence electrons. The van der Waals surface area contributed by atoms with Crippen LogP contribution in [0.2, 0.25) is 0 Å². The van der Waals surface area contributed by atoms with E-state index in [4.69, 9.17) is 15.2 Å². The summed E-state index contributed by atoms with van der Waals surface area (Å²) >= 11 is 2.20. The summed E-state index contributed by atoms with van der Waals surface area (Å²) in [5.74, 6) is 1.74. The van der Waals surface area contributed by atoms with Gasteiger partial charge >= 0.3 is 0 Å². The molecule has 0 aliphatic heterocycles. The van der Waals surface area contributed by atoms with Crippen LogP contribution in [0.15, 0.2) is 18.2 Å².